The van der Waals surface area contributed by atoms with Crippen molar-refractivity contribution in [3.63, 3.8) is 0 Å². The van der Waals surface area contributed by atoms with Crippen LogP contribution in [0.5, 0.6) is 0 Å². The fourth-order valence-corrected chi connectivity index (χ4v) is 3.42. The van der Waals surface area contributed by atoms with Crippen molar-refractivity contribution in [2.24, 2.45) is 0 Å². The zero-order valence-electron chi connectivity index (χ0n) is 15.1. The first-order valence-electron chi connectivity index (χ1n) is 9.00. The number of benzene rings is 2. The van der Waals surface area contributed by atoms with E-state index in [0.717, 1.165) is 50.6 Å². The van der Waals surface area contributed by atoms with Gasteiger partial charge in [0.05, 0.1) is 0 Å². The maximum absolute atomic E-state index is 11.9. The monoisotopic (exact) mass is 590 g/mol. The van der Waals surface area contributed by atoms with Crippen molar-refractivity contribution in [1.29, 1.82) is 0 Å². The molecule has 0 bridgehead atoms. The zero-order chi connectivity index (χ0) is 19.5. The highest BCUT2D eigenvalue weighted by molar-refractivity contribution is 14.1. The third kappa shape index (κ3) is 8.59. The van der Waals surface area contributed by atoms with Gasteiger partial charge in [0.25, 0.3) is 0 Å². The summed E-state index contributed by atoms with van der Waals surface area (Å²) < 4.78 is 1.96. The molecule has 2 aromatic carbocycles. The van der Waals surface area contributed by atoms with Gasteiger partial charge in [0, 0.05) is 33.1 Å². The molecule has 2 amide bonds. The normalized spacial score (nSPS) is 10.4. The maximum atomic E-state index is 11.9. The molecule has 0 aliphatic rings. The number of carbonyl (C=O) groups excluding carboxylic acids is 2. The van der Waals surface area contributed by atoms with Crippen LogP contribution in [0.1, 0.15) is 36.8 Å². The second kappa shape index (κ2) is 12.3. The second-order valence-electron chi connectivity index (χ2n) is 6.26. The second-order valence-corrected chi connectivity index (χ2v) is 8.42. The Morgan fingerprint density at radius 3 is 1.59 bits per heavy atom. The van der Waals surface area contributed by atoms with Gasteiger partial charge in [0.15, 0.2) is 0 Å². The van der Waals surface area contributed by atoms with Crippen LogP contribution in [-0.2, 0) is 16.0 Å². The summed E-state index contributed by atoms with van der Waals surface area (Å²) in [6, 6.07) is 15.8. The lowest BCUT2D eigenvalue weighted by Gasteiger charge is -2.09. The molecule has 0 saturated carbocycles. The van der Waals surface area contributed by atoms with Crippen molar-refractivity contribution in [2.75, 3.05) is 19.5 Å². The molecule has 0 aromatic heterocycles. The molecule has 0 radical (unpaired) electrons. The molecule has 0 unspecified atom stereocenters. The van der Waals surface area contributed by atoms with E-state index in [0.29, 0.717) is 12.8 Å². The number of rotatable bonds is 10. The zero-order valence-corrected chi connectivity index (χ0v) is 19.5. The van der Waals surface area contributed by atoms with E-state index >= 15 is 0 Å². The molecule has 0 heterocycles. The predicted molar refractivity (Wildman–Crippen MR) is 129 cm³/mol. The molecule has 4 nitrogen and oxygen atoms in total. The lowest BCUT2D eigenvalue weighted by atomic mass is 10.0. The van der Waals surface area contributed by atoms with E-state index in [4.69, 9.17) is 0 Å². The van der Waals surface area contributed by atoms with Crippen molar-refractivity contribution >= 4 is 68.4 Å². The molecule has 0 fully saturated rings. The Kier molecular flexibility index (Phi) is 10.1. The van der Waals surface area contributed by atoms with Crippen LogP contribution in [-0.4, -0.2) is 20.7 Å². The highest BCUT2D eigenvalue weighted by Crippen LogP contribution is 2.18. The van der Waals surface area contributed by atoms with Crippen molar-refractivity contribution in [3.8, 4) is 0 Å². The highest BCUT2D eigenvalue weighted by Gasteiger charge is 2.05. The van der Waals surface area contributed by atoms with Crippen LogP contribution in [0.2, 0.25) is 0 Å². The minimum absolute atomic E-state index is 0.0556. The molecule has 2 rings (SSSR count). The first-order chi connectivity index (χ1) is 13.1. The number of alkyl halides is 2. The average Bonchev–Trinajstić information content (AvgIpc) is 2.65. The number of hydrogen-bond donors (Lipinski definition) is 2. The minimum atomic E-state index is 0.0556. The number of anilines is 2. The number of hydrogen-bond acceptors (Lipinski definition) is 2. The lowest BCUT2D eigenvalue weighted by Crippen LogP contribution is -2.11. The van der Waals surface area contributed by atoms with Crippen LogP contribution in [0.3, 0.4) is 0 Å². The first-order valence-corrected chi connectivity index (χ1v) is 12.1. The molecule has 27 heavy (non-hydrogen) atoms. The third-order valence-electron chi connectivity index (χ3n) is 3.90. The largest absolute Gasteiger partial charge is 0.326 e. The Morgan fingerprint density at radius 1 is 0.741 bits per heavy atom. The van der Waals surface area contributed by atoms with E-state index in [2.05, 4.69) is 55.8 Å². The average molecular weight is 590 g/mol. The quantitative estimate of drug-likeness (QED) is 0.281. The standard InChI is InChI=1S/C21H24I2N2O2/c22-11-3-9-20(26)24-18-7-1-5-16(14-18)13-17-6-2-8-19(15-17)25-21(27)10-4-12-23/h1-2,5-8,14-15H,3-4,9-13H2,(H,24,26)(H,25,27). The first kappa shape index (κ1) is 22.1. The van der Waals surface area contributed by atoms with Gasteiger partial charge in [-0.3, -0.25) is 9.59 Å². The molecule has 0 spiro atoms. The summed E-state index contributed by atoms with van der Waals surface area (Å²) in [7, 11) is 0. The van der Waals surface area contributed by atoms with Gasteiger partial charge < -0.3 is 10.6 Å². The molecule has 0 saturated heterocycles. The van der Waals surface area contributed by atoms with Crippen molar-refractivity contribution in [3.05, 3.63) is 59.7 Å². The predicted octanol–water partition coefficient (Wildman–Crippen LogP) is 5.58. The molecule has 2 aromatic rings. The molecular formula is C21H24I2N2O2. The van der Waals surface area contributed by atoms with E-state index in [1.165, 1.54) is 0 Å². The summed E-state index contributed by atoms with van der Waals surface area (Å²) in [5, 5.41) is 5.92. The summed E-state index contributed by atoms with van der Waals surface area (Å²) in [6.07, 6.45) is 3.62. The lowest BCUT2D eigenvalue weighted by molar-refractivity contribution is -0.117. The molecule has 2 N–H and O–H groups in total. The molecular weight excluding hydrogens is 566 g/mol. The summed E-state index contributed by atoms with van der Waals surface area (Å²) in [5.41, 5.74) is 3.90. The van der Waals surface area contributed by atoms with Gasteiger partial charge in [-0.1, -0.05) is 69.4 Å². The Labute approximate surface area is 188 Å². The van der Waals surface area contributed by atoms with Crippen LogP contribution < -0.4 is 10.6 Å². The summed E-state index contributed by atoms with van der Waals surface area (Å²) in [6.45, 7) is 0. The topological polar surface area (TPSA) is 58.2 Å². The molecule has 0 atom stereocenters. The Balaban J connectivity index is 1.98. The van der Waals surface area contributed by atoms with E-state index < -0.39 is 0 Å². The van der Waals surface area contributed by atoms with Gasteiger partial charge in [-0.05, 0) is 54.7 Å². The molecule has 6 heteroatoms. The Bertz CT molecular complexity index is 702. The van der Waals surface area contributed by atoms with Crippen molar-refractivity contribution in [2.45, 2.75) is 32.1 Å². The Morgan fingerprint density at radius 2 is 1.19 bits per heavy atom. The maximum Gasteiger partial charge on any atom is 0.224 e. The fraction of sp³-hybridized carbons (Fsp3) is 0.333. The number of halogens is 2. The molecule has 144 valence electrons. The summed E-state index contributed by atoms with van der Waals surface area (Å²) in [4.78, 5) is 23.8. The Hall–Kier alpha value is -1.16. The van der Waals surface area contributed by atoms with Gasteiger partial charge in [-0.15, -0.1) is 0 Å². The number of carbonyl (C=O) groups is 2. The van der Waals surface area contributed by atoms with Crippen LogP contribution >= 0.6 is 45.2 Å². The van der Waals surface area contributed by atoms with Gasteiger partial charge in [-0.25, -0.2) is 0 Å². The van der Waals surface area contributed by atoms with Crippen LogP contribution in [0.4, 0.5) is 11.4 Å². The van der Waals surface area contributed by atoms with Crippen molar-refractivity contribution < 1.29 is 9.59 Å². The van der Waals surface area contributed by atoms with E-state index in [1.54, 1.807) is 0 Å². The molecule has 0 aliphatic heterocycles. The van der Waals surface area contributed by atoms with Crippen LogP contribution in [0.15, 0.2) is 48.5 Å². The van der Waals surface area contributed by atoms with Crippen molar-refractivity contribution in [1.82, 2.24) is 0 Å². The van der Waals surface area contributed by atoms with E-state index in [1.807, 2.05) is 48.5 Å². The fourth-order valence-electron chi connectivity index (χ4n) is 2.66. The summed E-state index contributed by atoms with van der Waals surface area (Å²) >= 11 is 4.56. The van der Waals surface area contributed by atoms with Gasteiger partial charge in [0.1, 0.15) is 0 Å². The smallest absolute Gasteiger partial charge is 0.224 e. The third-order valence-corrected chi connectivity index (χ3v) is 5.43. The minimum Gasteiger partial charge on any atom is -0.326 e. The van der Waals surface area contributed by atoms with Gasteiger partial charge >= 0.3 is 0 Å². The number of amides is 2. The van der Waals surface area contributed by atoms with E-state index in [-0.39, 0.29) is 11.8 Å². The van der Waals surface area contributed by atoms with Gasteiger partial charge in [-0.2, -0.15) is 0 Å². The van der Waals surface area contributed by atoms with Crippen LogP contribution in [0, 0.1) is 0 Å². The number of nitrogens with one attached hydrogen (secondary N) is 2. The van der Waals surface area contributed by atoms with E-state index in [9.17, 15) is 9.59 Å². The van der Waals surface area contributed by atoms with Gasteiger partial charge in [0.2, 0.25) is 11.8 Å². The SMILES string of the molecule is O=C(CCCI)Nc1cccc(Cc2cccc(NC(=O)CCCI)c2)c1. The summed E-state index contributed by atoms with van der Waals surface area (Å²) in [5.74, 6) is 0.111. The molecule has 0 aliphatic carbocycles. The van der Waals surface area contributed by atoms with Crippen LogP contribution in [0.25, 0.3) is 0 Å². The highest BCUT2D eigenvalue weighted by atomic mass is 127.